The van der Waals surface area contributed by atoms with E-state index in [2.05, 4.69) is 10.6 Å². The van der Waals surface area contributed by atoms with E-state index in [9.17, 15) is 19.2 Å². The number of ether oxygens (including phenoxy) is 2. The van der Waals surface area contributed by atoms with Crippen molar-refractivity contribution in [3.8, 4) is 0 Å². The number of benzene rings is 2. The van der Waals surface area contributed by atoms with Gasteiger partial charge in [-0.05, 0) is 38.1 Å². The van der Waals surface area contributed by atoms with Gasteiger partial charge in [-0.2, -0.15) is 0 Å². The first-order valence-corrected chi connectivity index (χ1v) is 9.25. The Morgan fingerprint density at radius 1 is 0.633 bits per heavy atom. The quantitative estimate of drug-likeness (QED) is 0.677. The van der Waals surface area contributed by atoms with Crippen molar-refractivity contribution in [3.05, 3.63) is 59.7 Å². The molecule has 0 fully saturated rings. The van der Waals surface area contributed by atoms with Crippen molar-refractivity contribution in [2.24, 2.45) is 0 Å². The van der Waals surface area contributed by atoms with Gasteiger partial charge in [0.05, 0.1) is 0 Å². The molecule has 0 aliphatic carbocycles. The molecule has 0 radical (unpaired) electrons. The second-order valence-electron chi connectivity index (χ2n) is 6.77. The molecule has 8 heteroatoms. The van der Waals surface area contributed by atoms with Gasteiger partial charge >= 0.3 is 11.9 Å². The van der Waals surface area contributed by atoms with E-state index in [1.54, 1.807) is 48.5 Å². The molecule has 2 N–H and O–H groups in total. The minimum Gasteiger partial charge on any atom is -0.448 e. The number of aryl methyl sites for hydroxylation is 2. The Bertz CT molecular complexity index is 844. The molecular weight excluding hydrogens is 388 g/mol. The van der Waals surface area contributed by atoms with Crippen LogP contribution < -0.4 is 10.6 Å². The molecule has 8 nitrogen and oxygen atoms in total. The average Bonchev–Trinajstić information content (AvgIpc) is 2.67. The lowest BCUT2D eigenvalue weighted by Gasteiger charge is -2.24. The molecule has 0 unspecified atom stereocenters. The van der Waals surface area contributed by atoms with Crippen LogP contribution in [0.1, 0.15) is 25.0 Å². The molecule has 0 aliphatic rings. The maximum Gasteiger partial charge on any atom is 0.303 e. The topological polar surface area (TPSA) is 111 Å². The molecule has 0 saturated heterocycles. The largest absolute Gasteiger partial charge is 0.448 e. The van der Waals surface area contributed by atoms with Crippen molar-refractivity contribution in [2.75, 3.05) is 10.6 Å². The van der Waals surface area contributed by atoms with Gasteiger partial charge in [-0.25, -0.2) is 0 Å². The summed E-state index contributed by atoms with van der Waals surface area (Å²) in [7, 11) is 0. The van der Waals surface area contributed by atoms with E-state index in [4.69, 9.17) is 9.47 Å². The van der Waals surface area contributed by atoms with Crippen molar-refractivity contribution >= 4 is 35.1 Å². The van der Waals surface area contributed by atoms with E-state index < -0.39 is 36.0 Å². The number of anilines is 2. The minimum atomic E-state index is -1.68. The second kappa shape index (κ2) is 10.2. The van der Waals surface area contributed by atoms with Crippen LogP contribution in [-0.4, -0.2) is 36.0 Å². The van der Waals surface area contributed by atoms with Gasteiger partial charge < -0.3 is 20.1 Å². The predicted octanol–water partition coefficient (Wildman–Crippen LogP) is 2.74. The molecule has 0 bridgehead atoms. The van der Waals surface area contributed by atoms with Crippen LogP contribution in [0.2, 0.25) is 0 Å². The van der Waals surface area contributed by atoms with Crippen LogP contribution in [0.4, 0.5) is 11.4 Å². The highest BCUT2D eigenvalue weighted by atomic mass is 16.6. The van der Waals surface area contributed by atoms with Crippen LogP contribution in [0.25, 0.3) is 0 Å². The fourth-order valence-corrected chi connectivity index (χ4v) is 2.56. The summed E-state index contributed by atoms with van der Waals surface area (Å²) in [5.41, 5.74) is 2.84. The van der Waals surface area contributed by atoms with Gasteiger partial charge in [0.15, 0.2) is 0 Å². The molecule has 0 aliphatic heterocycles. The van der Waals surface area contributed by atoms with Crippen molar-refractivity contribution < 1.29 is 28.7 Å². The minimum absolute atomic E-state index is 0.434. The van der Waals surface area contributed by atoms with E-state index in [1.807, 2.05) is 13.8 Å². The lowest BCUT2D eigenvalue weighted by Crippen LogP contribution is -2.49. The van der Waals surface area contributed by atoms with Crippen LogP contribution in [-0.2, 0) is 28.7 Å². The number of hydrogen-bond acceptors (Lipinski definition) is 6. The molecule has 30 heavy (non-hydrogen) atoms. The molecule has 0 saturated carbocycles. The number of nitrogens with one attached hydrogen (secondary N) is 2. The Kier molecular flexibility index (Phi) is 7.69. The second-order valence-corrected chi connectivity index (χ2v) is 6.77. The van der Waals surface area contributed by atoms with Gasteiger partial charge in [0, 0.05) is 25.2 Å². The Labute approximate surface area is 174 Å². The molecule has 0 spiro atoms. The number of carbonyl (C=O) groups is 4. The molecule has 0 aromatic heterocycles. The normalized spacial score (nSPS) is 12.3. The van der Waals surface area contributed by atoms with Gasteiger partial charge in [-0.1, -0.05) is 35.4 Å². The first-order valence-electron chi connectivity index (χ1n) is 9.25. The van der Waals surface area contributed by atoms with E-state index in [0.717, 1.165) is 25.0 Å². The molecule has 2 atom stereocenters. The zero-order valence-electron chi connectivity index (χ0n) is 17.2. The lowest BCUT2D eigenvalue weighted by molar-refractivity contribution is -0.171. The fraction of sp³-hybridized carbons (Fsp3) is 0.273. The zero-order valence-corrected chi connectivity index (χ0v) is 17.2. The number of hydrogen-bond donors (Lipinski definition) is 2. The van der Waals surface area contributed by atoms with E-state index in [-0.39, 0.29) is 0 Å². The zero-order chi connectivity index (χ0) is 22.3. The van der Waals surface area contributed by atoms with Crippen LogP contribution in [0, 0.1) is 13.8 Å². The first-order chi connectivity index (χ1) is 14.2. The Balaban J connectivity index is 2.28. The number of esters is 2. The van der Waals surface area contributed by atoms with Crippen LogP contribution in [0.5, 0.6) is 0 Å². The summed E-state index contributed by atoms with van der Waals surface area (Å²) in [6.45, 7) is 5.96. The van der Waals surface area contributed by atoms with E-state index in [0.29, 0.717) is 11.4 Å². The Morgan fingerprint density at radius 2 is 0.933 bits per heavy atom. The third kappa shape index (κ3) is 6.73. The fourth-order valence-electron chi connectivity index (χ4n) is 2.56. The molecule has 2 amide bonds. The summed E-state index contributed by atoms with van der Waals surface area (Å²) in [4.78, 5) is 48.8. The van der Waals surface area contributed by atoms with Gasteiger partial charge in [0.1, 0.15) is 0 Å². The van der Waals surface area contributed by atoms with Crippen molar-refractivity contribution in [1.29, 1.82) is 0 Å². The van der Waals surface area contributed by atoms with Gasteiger partial charge in [0.2, 0.25) is 12.2 Å². The SMILES string of the molecule is CC(=O)O[C@@H](C(=O)Nc1ccc(C)cc1)[C@@H](OC(C)=O)C(=O)Nc1ccc(C)cc1. The summed E-state index contributed by atoms with van der Waals surface area (Å²) >= 11 is 0. The molecule has 2 aromatic carbocycles. The van der Waals surface area contributed by atoms with Crippen LogP contribution >= 0.6 is 0 Å². The average molecular weight is 412 g/mol. The highest BCUT2D eigenvalue weighted by molar-refractivity contribution is 6.03. The van der Waals surface area contributed by atoms with E-state index >= 15 is 0 Å². The molecule has 158 valence electrons. The van der Waals surface area contributed by atoms with Crippen LogP contribution in [0.15, 0.2) is 48.5 Å². The van der Waals surface area contributed by atoms with Gasteiger partial charge in [0.25, 0.3) is 11.8 Å². The number of amides is 2. The highest BCUT2D eigenvalue weighted by Crippen LogP contribution is 2.16. The smallest absolute Gasteiger partial charge is 0.303 e. The number of carbonyl (C=O) groups excluding carboxylic acids is 4. The Hall–Kier alpha value is -3.68. The number of rotatable bonds is 7. The standard InChI is InChI=1S/C22H24N2O6/c1-13-5-9-17(10-6-13)23-21(27)19(29-15(3)25)20(30-16(4)26)22(28)24-18-11-7-14(2)8-12-18/h5-12,19-20H,1-4H3,(H,23,27)(H,24,28)/t19-,20-/m1/s1. The third-order valence-electron chi connectivity index (χ3n) is 4.02. The van der Waals surface area contributed by atoms with E-state index in [1.165, 1.54) is 0 Å². The van der Waals surface area contributed by atoms with Crippen molar-refractivity contribution in [3.63, 3.8) is 0 Å². The van der Waals surface area contributed by atoms with Crippen molar-refractivity contribution in [1.82, 2.24) is 0 Å². The summed E-state index contributed by atoms with van der Waals surface area (Å²) in [5, 5.41) is 5.13. The summed E-state index contributed by atoms with van der Waals surface area (Å²) in [6, 6.07) is 13.8. The summed E-state index contributed by atoms with van der Waals surface area (Å²) in [5.74, 6) is -3.22. The Morgan fingerprint density at radius 3 is 1.20 bits per heavy atom. The van der Waals surface area contributed by atoms with Gasteiger partial charge in [-0.3, -0.25) is 19.2 Å². The highest BCUT2D eigenvalue weighted by Gasteiger charge is 2.39. The molecule has 2 aromatic rings. The molecule has 0 heterocycles. The molecular formula is C22H24N2O6. The lowest BCUT2D eigenvalue weighted by atomic mass is 10.1. The first kappa shape index (κ1) is 22.6. The maximum absolute atomic E-state index is 12.8. The monoisotopic (exact) mass is 412 g/mol. The van der Waals surface area contributed by atoms with Crippen molar-refractivity contribution in [2.45, 2.75) is 39.9 Å². The third-order valence-corrected chi connectivity index (χ3v) is 4.02. The molecule has 2 rings (SSSR count). The summed E-state index contributed by atoms with van der Waals surface area (Å²) in [6.07, 6.45) is -3.36. The predicted molar refractivity (Wildman–Crippen MR) is 111 cm³/mol. The summed E-state index contributed by atoms with van der Waals surface area (Å²) < 4.78 is 10.1. The van der Waals surface area contributed by atoms with Crippen LogP contribution in [0.3, 0.4) is 0 Å². The maximum atomic E-state index is 12.8. The van der Waals surface area contributed by atoms with Gasteiger partial charge in [-0.15, -0.1) is 0 Å².